The molecule has 0 aromatic heterocycles. The first-order chi connectivity index (χ1) is 9.60. The molecule has 0 amide bonds. The van der Waals surface area contributed by atoms with Crippen molar-refractivity contribution in [3.63, 3.8) is 0 Å². The van der Waals surface area contributed by atoms with E-state index in [1.54, 1.807) is 0 Å². The molecule has 0 saturated heterocycles. The molecule has 0 spiro atoms. The second kappa shape index (κ2) is 8.59. The Hall–Kier alpha value is -1.55. The van der Waals surface area contributed by atoms with Crippen LogP contribution in [-0.4, -0.2) is 31.8 Å². The SMILES string of the molecule is CCOCCOC(=O)[C@H](C)Nc1c(C)cccc1CC. The van der Waals surface area contributed by atoms with E-state index in [9.17, 15) is 4.79 Å². The second-order valence-corrected chi connectivity index (χ2v) is 4.69. The summed E-state index contributed by atoms with van der Waals surface area (Å²) in [5.41, 5.74) is 3.38. The van der Waals surface area contributed by atoms with Crippen LogP contribution in [0.5, 0.6) is 0 Å². The first kappa shape index (κ1) is 16.5. The standard InChI is InChI=1S/C16H25NO3/c1-5-14-9-7-8-12(3)15(14)17-13(4)16(18)20-11-10-19-6-2/h7-9,13,17H,5-6,10-11H2,1-4H3/t13-/m0/s1. The lowest BCUT2D eigenvalue weighted by Crippen LogP contribution is -2.30. The number of nitrogens with one attached hydrogen (secondary N) is 1. The molecule has 0 unspecified atom stereocenters. The van der Waals surface area contributed by atoms with Gasteiger partial charge in [-0.3, -0.25) is 0 Å². The summed E-state index contributed by atoms with van der Waals surface area (Å²) in [7, 11) is 0. The minimum absolute atomic E-state index is 0.255. The number of rotatable bonds is 8. The molecular formula is C16H25NO3. The molecule has 0 aliphatic heterocycles. The maximum atomic E-state index is 11.9. The van der Waals surface area contributed by atoms with Gasteiger partial charge in [-0.2, -0.15) is 0 Å². The summed E-state index contributed by atoms with van der Waals surface area (Å²) in [5.74, 6) is -0.255. The summed E-state index contributed by atoms with van der Waals surface area (Å²) in [6.07, 6.45) is 0.927. The Balaban J connectivity index is 2.57. The van der Waals surface area contributed by atoms with Crippen molar-refractivity contribution in [3.8, 4) is 0 Å². The fraction of sp³-hybridized carbons (Fsp3) is 0.562. The summed E-state index contributed by atoms with van der Waals surface area (Å²) in [6, 6.07) is 5.77. The summed E-state index contributed by atoms with van der Waals surface area (Å²) in [5, 5.41) is 3.26. The quantitative estimate of drug-likeness (QED) is 0.587. The molecule has 1 aromatic rings. The number of carbonyl (C=O) groups is 1. The van der Waals surface area contributed by atoms with E-state index in [1.807, 2.05) is 32.9 Å². The van der Waals surface area contributed by atoms with E-state index >= 15 is 0 Å². The van der Waals surface area contributed by atoms with E-state index in [-0.39, 0.29) is 12.0 Å². The Morgan fingerprint density at radius 2 is 2.05 bits per heavy atom. The molecule has 0 fully saturated rings. The first-order valence-electron chi connectivity index (χ1n) is 7.19. The third-order valence-corrected chi connectivity index (χ3v) is 3.13. The molecule has 0 saturated carbocycles. The lowest BCUT2D eigenvalue weighted by atomic mass is 10.1. The molecule has 1 atom stereocenters. The van der Waals surface area contributed by atoms with Gasteiger partial charge in [0.1, 0.15) is 12.6 Å². The van der Waals surface area contributed by atoms with Crippen LogP contribution in [0.1, 0.15) is 31.9 Å². The van der Waals surface area contributed by atoms with Crippen LogP contribution in [0, 0.1) is 6.92 Å². The van der Waals surface area contributed by atoms with E-state index in [4.69, 9.17) is 9.47 Å². The zero-order chi connectivity index (χ0) is 15.0. The highest BCUT2D eigenvalue weighted by atomic mass is 16.6. The van der Waals surface area contributed by atoms with Gasteiger partial charge in [0.05, 0.1) is 6.61 Å². The molecule has 0 aliphatic carbocycles. The van der Waals surface area contributed by atoms with Gasteiger partial charge in [0.15, 0.2) is 0 Å². The fourth-order valence-corrected chi connectivity index (χ4v) is 1.98. The number of hydrogen-bond donors (Lipinski definition) is 1. The fourth-order valence-electron chi connectivity index (χ4n) is 1.98. The van der Waals surface area contributed by atoms with Crippen LogP contribution in [0.2, 0.25) is 0 Å². The van der Waals surface area contributed by atoms with Crippen molar-refractivity contribution in [2.45, 2.75) is 40.2 Å². The second-order valence-electron chi connectivity index (χ2n) is 4.69. The topological polar surface area (TPSA) is 47.6 Å². The van der Waals surface area contributed by atoms with Crippen molar-refractivity contribution in [1.82, 2.24) is 0 Å². The molecule has 1 N–H and O–H groups in total. The molecular weight excluding hydrogens is 254 g/mol. The summed E-state index contributed by atoms with van der Waals surface area (Å²) in [6.45, 7) is 9.24. The molecule has 0 bridgehead atoms. The number of ether oxygens (including phenoxy) is 2. The highest BCUT2D eigenvalue weighted by Crippen LogP contribution is 2.22. The van der Waals surface area contributed by atoms with Crippen LogP contribution in [0.4, 0.5) is 5.69 Å². The van der Waals surface area contributed by atoms with Crippen molar-refractivity contribution in [3.05, 3.63) is 29.3 Å². The number of para-hydroxylation sites is 1. The van der Waals surface area contributed by atoms with E-state index < -0.39 is 0 Å². The maximum Gasteiger partial charge on any atom is 0.328 e. The molecule has 4 heteroatoms. The van der Waals surface area contributed by atoms with Gasteiger partial charge in [0, 0.05) is 12.3 Å². The lowest BCUT2D eigenvalue weighted by Gasteiger charge is -2.19. The maximum absolute atomic E-state index is 11.9. The van der Waals surface area contributed by atoms with Gasteiger partial charge in [-0.25, -0.2) is 4.79 Å². The van der Waals surface area contributed by atoms with Gasteiger partial charge in [0.25, 0.3) is 0 Å². The number of esters is 1. The smallest absolute Gasteiger partial charge is 0.328 e. The Labute approximate surface area is 121 Å². The summed E-state index contributed by atoms with van der Waals surface area (Å²) >= 11 is 0. The highest BCUT2D eigenvalue weighted by Gasteiger charge is 2.16. The van der Waals surface area contributed by atoms with Crippen molar-refractivity contribution in [1.29, 1.82) is 0 Å². The van der Waals surface area contributed by atoms with Gasteiger partial charge < -0.3 is 14.8 Å². The average molecular weight is 279 g/mol. The number of benzene rings is 1. The number of carbonyl (C=O) groups excluding carboxylic acids is 1. The van der Waals surface area contributed by atoms with Crippen LogP contribution < -0.4 is 5.32 Å². The van der Waals surface area contributed by atoms with E-state index in [1.165, 1.54) is 5.56 Å². The van der Waals surface area contributed by atoms with Crippen molar-refractivity contribution in [2.75, 3.05) is 25.1 Å². The Morgan fingerprint density at radius 1 is 1.30 bits per heavy atom. The monoisotopic (exact) mass is 279 g/mol. The zero-order valence-electron chi connectivity index (χ0n) is 12.9. The normalized spacial score (nSPS) is 12.0. The molecule has 20 heavy (non-hydrogen) atoms. The molecule has 0 heterocycles. The first-order valence-corrected chi connectivity index (χ1v) is 7.19. The molecule has 0 radical (unpaired) electrons. The van der Waals surface area contributed by atoms with Crippen LogP contribution in [0.3, 0.4) is 0 Å². The summed E-state index contributed by atoms with van der Waals surface area (Å²) in [4.78, 5) is 11.9. The number of anilines is 1. The molecule has 0 aliphatic rings. The number of aryl methyl sites for hydroxylation is 2. The highest BCUT2D eigenvalue weighted by molar-refractivity contribution is 5.79. The van der Waals surface area contributed by atoms with Crippen LogP contribution in [0.15, 0.2) is 18.2 Å². The van der Waals surface area contributed by atoms with Gasteiger partial charge in [-0.15, -0.1) is 0 Å². The predicted molar refractivity (Wildman–Crippen MR) is 81.1 cm³/mol. The van der Waals surface area contributed by atoms with E-state index in [0.717, 1.165) is 17.7 Å². The zero-order valence-corrected chi connectivity index (χ0v) is 12.9. The third-order valence-electron chi connectivity index (χ3n) is 3.13. The minimum atomic E-state index is -0.372. The lowest BCUT2D eigenvalue weighted by molar-refractivity contribution is -0.145. The van der Waals surface area contributed by atoms with E-state index in [0.29, 0.717) is 19.8 Å². The van der Waals surface area contributed by atoms with Gasteiger partial charge in [-0.1, -0.05) is 25.1 Å². The Morgan fingerprint density at radius 3 is 2.70 bits per heavy atom. The van der Waals surface area contributed by atoms with Crippen LogP contribution in [0.25, 0.3) is 0 Å². The van der Waals surface area contributed by atoms with Gasteiger partial charge in [-0.05, 0) is 38.3 Å². The van der Waals surface area contributed by atoms with Crippen molar-refractivity contribution < 1.29 is 14.3 Å². The number of hydrogen-bond acceptors (Lipinski definition) is 4. The Bertz CT molecular complexity index is 432. The van der Waals surface area contributed by atoms with Gasteiger partial charge >= 0.3 is 5.97 Å². The molecule has 112 valence electrons. The van der Waals surface area contributed by atoms with Crippen molar-refractivity contribution >= 4 is 11.7 Å². The minimum Gasteiger partial charge on any atom is -0.462 e. The largest absolute Gasteiger partial charge is 0.462 e. The summed E-state index contributed by atoms with van der Waals surface area (Å²) < 4.78 is 10.3. The molecule has 1 rings (SSSR count). The van der Waals surface area contributed by atoms with Crippen LogP contribution >= 0.6 is 0 Å². The molecule has 1 aromatic carbocycles. The van der Waals surface area contributed by atoms with Crippen LogP contribution in [-0.2, 0) is 20.7 Å². The van der Waals surface area contributed by atoms with Crippen molar-refractivity contribution in [2.24, 2.45) is 0 Å². The Kier molecular flexibility index (Phi) is 7.09. The average Bonchev–Trinajstić information content (AvgIpc) is 2.45. The van der Waals surface area contributed by atoms with Gasteiger partial charge in [0.2, 0.25) is 0 Å². The third kappa shape index (κ3) is 4.85. The molecule has 4 nitrogen and oxygen atoms in total. The predicted octanol–water partition coefficient (Wildman–Crippen LogP) is 2.94. The van der Waals surface area contributed by atoms with E-state index in [2.05, 4.69) is 18.3 Å².